The van der Waals surface area contributed by atoms with Crippen molar-refractivity contribution in [3.8, 4) is 0 Å². The maximum Gasteiger partial charge on any atom is 0.223 e. The van der Waals surface area contributed by atoms with Crippen molar-refractivity contribution in [3.05, 3.63) is 0 Å². The van der Waals surface area contributed by atoms with E-state index in [4.69, 9.17) is 5.11 Å². The summed E-state index contributed by atoms with van der Waals surface area (Å²) in [5.41, 5.74) is 0. The molecule has 1 aliphatic rings. The molecule has 0 atom stereocenters. The number of aliphatic hydroxyl groups excluding tert-OH is 1. The first-order valence-electron chi connectivity index (χ1n) is 6.23. The Hall–Kier alpha value is -0.570. The molecule has 0 saturated heterocycles. The molecule has 0 radical (unpaired) electrons. The Labute approximate surface area is 92.3 Å². The van der Waals surface area contributed by atoms with Crippen LogP contribution in [0, 0.1) is 5.92 Å². The Kier molecular flexibility index (Phi) is 6.41. The lowest BCUT2D eigenvalue weighted by molar-refractivity contribution is -0.125. The summed E-state index contributed by atoms with van der Waals surface area (Å²) in [5.74, 6) is 0.483. The molecule has 15 heavy (non-hydrogen) atoms. The van der Waals surface area contributed by atoms with Gasteiger partial charge in [0.05, 0.1) is 0 Å². The highest BCUT2D eigenvalue weighted by molar-refractivity contribution is 5.78. The van der Waals surface area contributed by atoms with Crippen LogP contribution in [-0.4, -0.2) is 24.2 Å². The molecule has 0 spiro atoms. The van der Waals surface area contributed by atoms with Crippen LogP contribution in [0.25, 0.3) is 0 Å². The first-order valence-corrected chi connectivity index (χ1v) is 6.23. The molecule has 0 heterocycles. The molecule has 3 nitrogen and oxygen atoms in total. The second kappa shape index (κ2) is 7.69. The number of aliphatic hydroxyl groups is 1. The fourth-order valence-electron chi connectivity index (χ4n) is 2.13. The van der Waals surface area contributed by atoms with E-state index in [1.807, 2.05) is 0 Å². The minimum absolute atomic E-state index is 0.222. The number of unbranched alkanes of at least 4 members (excludes halogenated alkanes) is 1. The molecule has 0 aromatic carbocycles. The molecule has 2 N–H and O–H groups in total. The topological polar surface area (TPSA) is 49.3 Å². The van der Waals surface area contributed by atoms with Crippen LogP contribution in [0.15, 0.2) is 0 Å². The van der Waals surface area contributed by atoms with Gasteiger partial charge in [-0.05, 0) is 25.7 Å². The van der Waals surface area contributed by atoms with Gasteiger partial charge in [0.2, 0.25) is 5.91 Å². The number of amides is 1. The highest BCUT2D eigenvalue weighted by Crippen LogP contribution is 2.22. The molecule has 1 aliphatic carbocycles. The minimum atomic E-state index is 0.222. The monoisotopic (exact) mass is 213 g/mol. The third kappa shape index (κ3) is 5.17. The maximum atomic E-state index is 11.7. The van der Waals surface area contributed by atoms with E-state index in [1.54, 1.807) is 0 Å². The quantitative estimate of drug-likeness (QED) is 0.541. The van der Waals surface area contributed by atoms with Crippen molar-refractivity contribution in [1.82, 2.24) is 5.32 Å². The summed E-state index contributed by atoms with van der Waals surface area (Å²) in [5, 5.41) is 11.6. The lowest BCUT2D eigenvalue weighted by Crippen LogP contribution is -2.31. The Balaban J connectivity index is 2.14. The van der Waals surface area contributed by atoms with E-state index in [1.165, 1.54) is 25.7 Å². The number of nitrogens with one attached hydrogen (secondary N) is 1. The zero-order chi connectivity index (χ0) is 10.9. The van der Waals surface area contributed by atoms with Crippen molar-refractivity contribution in [2.24, 2.45) is 5.92 Å². The molecular weight excluding hydrogens is 190 g/mol. The zero-order valence-electron chi connectivity index (χ0n) is 9.50. The van der Waals surface area contributed by atoms with Gasteiger partial charge < -0.3 is 10.4 Å². The summed E-state index contributed by atoms with van der Waals surface area (Å²) in [4.78, 5) is 11.7. The standard InChI is InChI=1S/C12H23NO2/c14-10-6-5-9-13-12(15)11-7-3-1-2-4-8-11/h11,14H,1-10H2,(H,13,15). The first-order chi connectivity index (χ1) is 7.34. The van der Waals surface area contributed by atoms with Crippen LogP contribution in [0.3, 0.4) is 0 Å². The first kappa shape index (κ1) is 12.5. The van der Waals surface area contributed by atoms with Gasteiger partial charge in [-0.2, -0.15) is 0 Å². The van der Waals surface area contributed by atoms with Crippen molar-refractivity contribution in [2.45, 2.75) is 51.4 Å². The van der Waals surface area contributed by atoms with E-state index < -0.39 is 0 Å². The van der Waals surface area contributed by atoms with Gasteiger partial charge in [0.25, 0.3) is 0 Å². The fraction of sp³-hybridized carbons (Fsp3) is 0.917. The van der Waals surface area contributed by atoms with Crippen molar-refractivity contribution in [3.63, 3.8) is 0 Å². The van der Waals surface area contributed by atoms with Gasteiger partial charge >= 0.3 is 0 Å². The normalized spacial score (nSPS) is 18.5. The summed E-state index contributed by atoms with van der Waals surface area (Å²) in [7, 11) is 0. The summed E-state index contributed by atoms with van der Waals surface area (Å²) >= 11 is 0. The molecule has 88 valence electrons. The Morgan fingerprint density at radius 2 is 1.80 bits per heavy atom. The average Bonchev–Trinajstić information content (AvgIpc) is 2.52. The van der Waals surface area contributed by atoms with E-state index in [2.05, 4.69) is 5.32 Å². The summed E-state index contributed by atoms with van der Waals surface area (Å²) in [6.07, 6.45) is 8.77. The predicted octanol–water partition coefficient (Wildman–Crippen LogP) is 1.85. The van der Waals surface area contributed by atoms with E-state index >= 15 is 0 Å². The third-order valence-electron chi connectivity index (χ3n) is 3.11. The SMILES string of the molecule is O=C(NCCCCO)C1CCCCCC1. The van der Waals surface area contributed by atoms with Crippen molar-refractivity contribution >= 4 is 5.91 Å². The molecule has 1 amide bonds. The largest absolute Gasteiger partial charge is 0.396 e. The van der Waals surface area contributed by atoms with Crippen LogP contribution in [0.2, 0.25) is 0 Å². The molecule has 0 aliphatic heterocycles. The zero-order valence-corrected chi connectivity index (χ0v) is 9.50. The highest BCUT2D eigenvalue weighted by Gasteiger charge is 2.19. The van der Waals surface area contributed by atoms with Gasteiger partial charge in [0, 0.05) is 19.1 Å². The lowest BCUT2D eigenvalue weighted by Gasteiger charge is -2.13. The van der Waals surface area contributed by atoms with E-state index in [-0.39, 0.29) is 18.4 Å². The molecule has 0 unspecified atom stereocenters. The number of carbonyl (C=O) groups excluding carboxylic acids is 1. The predicted molar refractivity (Wildman–Crippen MR) is 60.5 cm³/mol. The van der Waals surface area contributed by atoms with Crippen LogP contribution in [-0.2, 0) is 4.79 Å². The van der Waals surface area contributed by atoms with Gasteiger partial charge in [-0.15, -0.1) is 0 Å². The Morgan fingerprint density at radius 3 is 2.40 bits per heavy atom. The van der Waals surface area contributed by atoms with Crippen LogP contribution in [0.1, 0.15) is 51.4 Å². The fourth-order valence-corrected chi connectivity index (χ4v) is 2.13. The summed E-state index contributed by atoms with van der Waals surface area (Å²) in [6.45, 7) is 0.940. The smallest absolute Gasteiger partial charge is 0.223 e. The van der Waals surface area contributed by atoms with E-state index in [0.717, 1.165) is 32.2 Å². The van der Waals surface area contributed by atoms with Crippen molar-refractivity contribution < 1.29 is 9.90 Å². The van der Waals surface area contributed by atoms with Gasteiger partial charge in [-0.25, -0.2) is 0 Å². The van der Waals surface area contributed by atoms with Gasteiger partial charge in [0.1, 0.15) is 0 Å². The van der Waals surface area contributed by atoms with Crippen molar-refractivity contribution in [2.75, 3.05) is 13.2 Å². The van der Waals surface area contributed by atoms with Crippen LogP contribution in [0.5, 0.6) is 0 Å². The van der Waals surface area contributed by atoms with Gasteiger partial charge in [0.15, 0.2) is 0 Å². The van der Waals surface area contributed by atoms with Crippen LogP contribution < -0.4 is 5.32 Å². The maximum absolute atomic E-state index is 11.7. The molecule has 1 rings (SSSR count). The molecule has 3 heteroatoms. The Bertz CT molecular complexity index is 174. The molecule has 1 fully saturated rings. The minimum Gasteiger partial charge on any atom is -0.396 e. The highest BCUT2D eigenvalue weighted by atomic mass is 16.2. The number of hydrogen-bond donors (Lipinski definition) is 2. The molecule has 0 bridgehead atoms. The molecule has 0 aromatic rings. The lowest BCUT2D eigenvalue weighted by atomic mass is 9.99. The molecule has 0 aromatic heterocycles. The number of carbonyl (C=O) groups is 1. The van der Waals surface area contributed by atoms with Crippen LogP contribution >= 0.6 is 0 Å². The van der Waals surface area contributed by atoms with E-state index in [9.17, 15) is 4.79 Å². The molecule has 1 saturated carbocycles. The van der Waals surface area contributed by atoms with E-state index in [0.29, 0.717) is 0 Å². The van der Waals surface area contributed by atoms with Gasteiger partial charge in [-0.3, -0.25) is 4.79 Å². The summed E-state index contributed by atoms with van der Waals surface area (Å²) in [6, 6.07) is 0. The average molecular weight is 213 g/mol. The van der Waals surface area contributed by atoms with Gasteiger partial charge in [-0.1, -0.05) is 25.7 Å². The Morgan fingerprint density at radius 1 is 1.13 bits per heavy atom. The second-order valence-electron chi connectivity index (χ2n) is 4.41. The second-order valence-corrected chi connectivity index (χ2v) is 4.41. The number of rotatable bonds is 5. The number of hydrogen-bond acceptors (Lipinski definition) is 2. The summed E-state index contributed by atoms with van der Waals surface area (Å²) < 4.78 is 0. The molecular formula is C12H23NO2. The third-order valence-corrected chi connectivity index (χ3v) is 3.11. The van der Waals surface area contributed by atoms with Crippen LogP contribution in [0.4, 0.5) is 0 Å². The van der Waals surface area contributed by atoms with Crippen molar-refractivity contribution in [1.29, 1.82) is 0 Å².